The number of hydrogen-bond donors (Lipinski definition) is 1. The minimum atomic E-state index is 0. The van der Waals surface area contributed by atoms with Crippen LogP contribution in [0.1, 0.15) is 19.4 Å². The van der Waals surface area contributed by atoms with Gasteiger partial charge in [0.2, 0.25) is 0 Å². The fraction of sp³-hybridized carbons (Fsp3) is 0.562. The number of nitrogens with one attached hydrogen (secondary N) is 1. The quantitative estimate of drug-likeness (QED) is 0.436. The van der Waals surface area contributed by atoms with Crippen molar-refractivity contribution >= 4 is 41.5 Å². The van der Waals surface area contributed by atoms with E-state index in [4.69, 9.17) is 21.3 Å². The molecule has 2 rings (SSSR count). The highest BCUT2D eigenvalue weighted by Gasteiger charge is 2.33. The zero-order chi connectivity index (χ0) is 15.3. The second-order valence-corrected chi connectivity index (χ2v) is 6.33. The average molecular weight is 438 g/mol. The minimum Gasteiger partial charge on any atom is -0.380 e. The third kappa shape index (κ3) is 5.28. The van der Waals surface area contributed by atoms with Gasteiger partial charge in [0.15, 0.2) is 5.96 Å². The van der Waals surface area contributed by atoms with Crippen molar-refractivity contribution < 1.29 is 4.74 Å². The standard InChI is InChI=1S/C16H24ClN3O.HI/c1-4-18-15(19-10-16(2)11-21-12-16)20(3)9-13-7-5-6-8-14(13)17;/h5-8H,4,9-12H2,1-3H3,(H,18,19);1H. The van der Waals surface area contributed by atoms with Crippen molar-refractivity contribution in [2.24, 2.45) is 10.4 Å². The van der Waals surface area contributed by atoms with Gasteiger partial charge in [-0.25, -0.2) is 0 Å². The number of aliphatic imine (C=N–C) groups is 1. The molecular weight excluding hydrogens is 413 g/mol. The van der Waals surface area contributed by atoms with Crippen LogP contribution in [-0.2, 0) is 11.3 Å². The van der Waals surface area contributed by atoms with Crippen LogP contribution >= 0.6 is 35.6 Å². The molecule has 124 valence electrons. The number of ether oxygens (including phenoxy) is 1. The summed E-state index contributed by atoms with van der Waals surface area (Å²) >= 11 is 6.23. The zero-order valence-corrected chi connectivity index (χ0v) is 16.5. The van der Waals surface area contributed by atoms with Crippen LogP contribution in [0.15, 0.2) is 29.3 Å². The lowest BCUT2D eigenvalue weighted by molar-refractivity contribution is -0.0945. The molecule has 0 spiro atoms. The Kier molecular flexibility index (Phi) is 7.93. The van der Waals surface area contributed by atoms with Gasteiger partial charge in [-0.15, -0.1) is 24.0 Å². The molecule has 6 heteroatoms. The maximum Gasteiger partial charge on any atom is 0.193 e. The van der Waals surface area contributed by atoms with E-state index in [0.717, 1.165) is 49.4 Å². The topological polar surface area (TPSA) is 36.9 Å². The fourth-order valence-electron chi connectivity index (χ4n) is 2.23. The lowest BCUT2D eigenvalue weighted by atomic mass is 9.89. The van der Waals surface area contributed by atoms with E-state index in [9.17, 15) is 0 Å². The molecule has 1 aliphatic rings. The van der Waals surface area contributed by atoms with Gasteiger partial charge in [0.1, 0.15) is 0 Å². The Balaban J connectivity index is 0.00000242. The minimum absolute atomic E-state index is 0. The molecule has 1 aliphatic heterocycles. The van der Waals surface area contributed by atoms with Crippen molar-refractivity contribution in [2.45, 2.75) is 20.4 Å². The molecule has 0 atom stereocenters. The number of halogens is 2. The third-order valence-electron chi connectivity index (χ3n) is 3.57. The maximum atomic E-state index is 6.23. The van der Waals surface area contributed by atoms with Gasteiger partial charge >= 0.3 is 0 Å². The van der Waals surface area contributed by atoms with Crippen LogP contribution in [0.2, 0.25) is 5.02 Å². The maximum absolute atomic E-state index is 6.23. The van der Waals surface area contributed by atoms with E-state index < -0.39 is 0 Å². The van der Waals surface area contributed by atoms with Gasteiger partial charge in [-0.1, -0.05) is 36.7 Å². The van der Waals surface area contributed by atoms with Gasteiger partial charge in [0.25, 0.3) is 0 Å². The Bertz CT molecular complexity index is 506. The van der Waals surface area contributed by atoms with Gasteiger partial charge in [-0.05, 0) is 18.6 Å². The molecule has 0 radical (unpaired) electrons. The van der Waals surface area contributed by atoms with Crippen LogP contribution in [0.5, 0.6) is 0 Å². The number of hydrogen-bond acceptors (Lipinski definition) is 2. The first-order valence-electron chi connectivity index (χ1n) is 7.35. The Morgan fingerprint density at radius 2 is 2.09 bits per heavy atom. The van der Waals surface area contributed by atoms with Crippen molar-refractivity contribution in [1.82, 2.24) is 10.2 Å². The lowest BCUT2D eigenvalue weighted by Crippen LogP contribution is -2.44. The predicted octanol–water partition coefficient (Wildman–Crippen LogP) is 3.39. The van der Waals surface area contributed by atoms with Crippen LogP contribution in [0.3, 0.4) is 0 Å². The van der Waals surface area contributed by atoms with Crippen molar-refractivity contribution in [3.63, 3.8) is 0 Å². The molecule has 0 unspecified atom stereocenters. The molecular formula is C16H25ClIN3O. The largest absolute Gasteiger partial charge is 0.380 e. The summed E-state index contributed by atoms with van der Waals surface area (Å²) in [7, 11) is 2.03. The number of benzene rings is 1. The van der Waals surface area contributed by atoms with Crippen LogP contribution in [0, 0.1) is 5.41 Å². The summed E-state index contributed by atoms with van der Waals surface area (Å²) in [6.07, 6.45) is 0. The van der Waals surface area contributed by atoms with Crippen LogP contribution < -0.4 is 5.32 Å². The van der Waals surface area contributed by atoms with Crippen molar-refractivity contribution in [2.75, 3.05) is 33.4 Å². The second-order valence-electron chi connectivity index (χ2n) is 5.92. The molecule has 0 bridgehead atoms. The summed E-state index contributed by atoms with van der Waals surface area (Å²) in [5, 5.41) is 4.13. The Morgan fingerprint density at radius 3 is 2.64 bits per heavy atom. The molecule has 1 heterocycles. The molecule has 0 aromatic heterocycles. The van der Waals surface area contributed by atoms with E-state index in [1.807, 2.05) is 31.3 Å². The molecule has 1 aromatic carbocycles. The van der Waals surface area contributed by atoms with Gasteiger partial charge in [-0.3, -0.25) is 4.99 Å². The summed E-state index contributed by atoms with van der Waals surface area (Å²) < 4.78 is 5.28. The molecule has 22 heavy (non-hydrogen) atoms. The Hall–Kier alpha value is -0.530. The Labute approximate surface area is 155 Å². The fourth-order valence-corrected chi connectivity index (χ4v) is 2.43. The van der Waals surface area contributed by atoms with E-state index in [1.165, 1.54) is 0 Å². The first-order valence-corrected chi connectivity index (χ1v) is 7.72. The van der Waals surface area contributed by atoms with Crippen LogP contribution in [-0.4, -0.2) is 44.2 Å². The lowest BCUT2D eigenvalue weighted by Gasteiger charge is -2.37. The molecule has 0 saturated carbocycles. The number of nitrogens with zero attached hydrogens (tertiary/aromatic N) is 2. The van der Waals surface area contributed by atoms with E-state index >= 15 is 0 Å². The highest BCUT2D eigenvalue weighted by Crippen LogP contribution is 2.26. The van der Waals surface area contributed by atoms with Gasteiger partial charge < -0.3 is 15.0 Å². The summed E-state index contributed by atoms with van der Waals surface area (Å²) in [6.45, 7) is 8.23. The normalized spacial score (nSPS) is 16.5. The molecule has 1 saturated heterocycles. The molecule has 1 fully saturated rings. The summed E-state index contributed by atoms with van der Waals surface area (Å²) in [4.78, 5) is 6.85. The highest BCUT2D eigenvalue weighted by atomic mass is 127. The van der Waals surface area contributed by atoms with Crippen molar-refractivity contribution in [3.05, 3.63) is 34.9 Å². The van der Waals surface area contributed by atoms with Crippen LogP contribution in [0.25, 0.3) is 0 Å². The zero-order valence-electron chi connectivity index (χ0n) is 13.4. The Morgan fingerprint density at radius 1 is 1.41 bits per heavy atom. The smallest absolute Gasteiger partial charge is 0.193 e. The monoisotopic (exact) mass is 437 g/mol. The van der Waals surface area contributed by atoms with Gasteiger partial charge in [0.05, 0.1) is 19.8 Å². The predicted molar refractivity (Wildman–Crippen MR) is 103 cm³/mol. The second kappa shape index (κ2) is 8.93. The van der Waals surface area contributed by atoms with Crippen molar-refractivity contribution in [3.8, 4) is 0 Å². The molecule has 0 amide bonds. The van der Waals surface area contributed by atoms with Crippen molar-refractivity contribution in [1.29, 1.82) is 0 Å². The molecule has 4 nitrogen and oxygen atoms in total. The van der Waals surface area contributed by atoms with Gasteiger partial charge in [-0.2, -0.15) is 0 Å². The SMILES string of the molecule is CCNC(=NCC1(C)COC1)N(C)Cc1ccccc1Cl.I. The van der Waals surface area contributed by atoms with E-state index in [0.29, 0.717) is 0 Å². The first-order chi connectivity index (χ1) is 10.0. The van der Waals surface area contributed by atoms with E-state index in [2.05, 4.69) is 24.1 Å². The summed E-state index contributed by atoms with van der Waals surface area (Å²) in [5.41, 5.74) is 1.29. The average Bonchev–Trinajstić information content (AvgIpc) is 2.43. The highest BCUT2D eigenvalue weighted by molar-refractivity contribution is 14.0. The molecule has 1 N–H and O–H groups in total. The van der Waals surface area contributed by atoms with E-state index in [1.54, 1.807) is 0 Å². The first kappa shape index (κ1) is 19.5. The third-order valence-corrected chi connectivity index (χ3v) is 3.94. The van der Waals surface area contributed by atoms with E-state index in [-0.39, 0.29) is 29.4 Å². The summed E-state index contributed by atoms with van der Waals surface area (Å²) in [6, 6.07) is 7.92. The molecule has 1 aromatic rings. The van der Waals surface area contributed by atoms with Crippen LogP contribution in [0.4, 0.5) is 0 Å². The number of guanidine groups is 1. The molecule has 0 aliphatic carbocycles. The van der Waals surface area contributed by atoms with Gasteiger partial charge in [0, 0.05) is 30.6 Å². The number of rotatable bonds is 5. The summed E-state index contributed by atoms with van der Waals surface area (Å²) in [5.74, 6) is 0.908.